The first kappa shape index (κ1) is 18.5. The minimum Gasteiger partial charge on any atom is -0.369 e. The number of ether oxygens (including phenoxy) is 1. The minimum absolute atomic E-state index is 0.0743. The van der Waals surface area contributed by atoms with Crippen molar-refractivity contribution in [3.63, 3.8) is 0 Å². The van der Waals surface area contributed by atoms with Crippen LogP contribution in [0.5, 0.6) is 0 Å². The average Bonchev–Trinajstić information content (AvgIpc) is 2.56. The maximum atomic E-state index is 12.6. The Morgan fingerprint density at radius 1 is 1.42 bits per heavy atom. The number of nitrogens with zero attached hydrogens (tertiary/aromatic N) is 1. The Bertz CT molecular complexity index is 600. The lowest BCUT2D eigenvalue weighted by molar-refractivity contribution is -0.126. The smallest absolute Gasteiger partial charge is 0.253 e. The van der Waals surface area contributed by atoms with E-state index in [1.165, 1.54) is 6.42 Å². The SMILES string of the molecule is CCOC(C)C(=O)Nc1ccc(C(=O)N2CCCC(C)C2)cc1C. The first-order valence-electron chi connectivity index (χ1n) is 8.74. The van der Waals surface area contributed by atoms with Crippen LogP contribution in [0.4, 0.5) is 5.69 Å². The van der Waals surface area contributed by atoms with Gasteiger partial charge in [-0.15, -0.1) is 0 Å². The summed E-state index contributed by atoms with van der Waals surface area (Å²) in [6.45, 7) is 9.81. The number of carbonyl (C=O) groups is 2. The van der Waals surface area contributed by atoms with E-state index < -0.39 is 6.10 Å². The summed E-state index contributed by atoms with van der Waals surface area (Å²) in [5.74, 6) is 0.455. The van der Waals surface area contributed by atoms with Crippen LogP contribution in [0.2, 0.25) is 0 Å². The molecule has 1 aliphatic rings. The summed E-state index contributed by atoms with van der Waals surface area (Å²) >= 11 is 0. The van der Waals surface area contributed by atoms with Gasteiger partial charge < -0.3 is 15.0 Å². The van der Waals surface area contributed by atoms with Gasteiger partial charge in [0.05, 0.1) is 0 Å². The fourth-order valence-corrected chi connectivity index (χ4v) is 3.05. The van der Waals surface area contributed by atoms with E-state index in [4.69, 9.17) is 4.74 Å². The second-order valence-electron chi connectivity index (χ2n) is 6.62. The maximum absolute atomic E-state index is 12.6. The fourth-order valence-electron chi connectivity index (χ4n) is 3.05. The standard InChI is InChI=1S/C19H28N2O3/c1-5-24-15(4)18(22)20-17-9-8-16(11-14(17)3)19(23)21-10-6-7-13(2)12-21/h8-9,11,13,15H,5-7,10,12H2,1-4H3,(H,20,22). The Balaban J connectivity index is 2.06. The highest BCUT2D eigenvalue weighted by Crippen LogP contribution is 2.21. The van der Waals surface area contributed by atoms with Gasteiger partial charge in [0.1, 0.15) is 6.10 Å². The van der Waals surface area contributed by atoms with Crippen molar-refractivity contribution in [3.05, 3.63) is 29.3 Å². The van der Waals surface area contributed by atoms with Crippen molar-refractivity contribution in [2.45, 2.75) is 46.6 Å². The summed E-state index contributed by atoms with van der Waals surface area (Å²) in [5, 5.41) is 2.86. The quantitative estimate of drug-likeness (QED) is 0.900. The summed E-state index contributed by atoms with van der Waals surface area (Å²) in [4.78, 5) is 26.6. The number of benzene rings is 1. The van der Waals surface area contributed by atoms with Crippen molar-refractivity contribution < 1.29 is 14.3 Å². The molecule has 1 N–H and O–H groups in total. The Hall–Kier alpha value is -1.88. The third-order valence-corrected chi connectivity index (χ3v) is 4.46. The number of aryl methyl sites for hydroxylation is 1. The second kappa shape index (κ2) is 8.29. The number of anilines is 1. The van der Waals surface area contributed by atoms with E-state index in [9.17, 15) is 9.59 Å². The molecule has 2 rings (SSSR count). The molecule has 0 radical (unpaired) electrons. The summed E-state index contributed by atoms with van der Waals surface area (Å²) in [5.41, 5.74) is 2.27. The van der Waals surface area contributed by atoms with E-state index in [1.54, 1.807) is 19.1 Å². The van der Waals surface area contributed by atoms with Crippen molar-refractivity contribution in [2.24, 2.45) is 5.92 Å². The minimum atomic E-state index is -0.495. The predicted octanol–water partition coefficient (Wildman–Crippen LogP) is 3.23. The van der Waals surface area contributed by atoms with Crippen LogP contribution in [0.3, 0.4) is 0 Å². The molecule has 1 aliphatic heterocycles. The number of piperidine rings is 1. The highest BCUT2D eigenvalue weighted by atomic mass is 16.5. The molecule has 24 heavy (non-hydrogen) atoms. The monoisotopic (exact) mass is 332 g/mol. The Kier molecular flexibility index (Phi) is 6.37. The van der Waals surface area contributed by atoms with Gasteiger partial charge in [-0.05, 0) is 63.3 Å². The second-order valence-corrected chi connectivity index (χ2v) is 6.62. The summed E-state index contributed by atoms with van der Waals surface area (Å²) < 4.78 is 5.29. The molecule has 0 bridgehead atoms. The normalized spacial score (nSPS) is 19.0. The Morgan fingerprint density at radius 2 is 2.17 bits per heavy atom. The number of likely N-dealkylation sites (tertiary alicyclic amines) is 1. The lowest BCUT2D eigenvalue weighted by Crippen LogP contribution is -2.39. The van der Waals surface area contributed by atoms with Crippen molar-refractivity contribution in [1.82, 2.24) is 4.90 Å². The molecule has 2 unspecified atom stereocenters. The van der Waals surface area contributed by atoms with E-state index in [2.05, 4.69) is 12.2 Å². The van der Waals surface area contributed by atoms with Crippen molar-refractivity contribution in [1.29, 1.82) is 0 Å². The Labute approximate surface area is 144 Å². The molecule has 5 heteroatoms. The van der Waals surface area contributed by atoms with Gasteiger partial charge in [0.25, 0.3) is 11.8 Å². The summed E-state index contributed by atoms with van der Waals surface area (Å²) in [6, 6.07) is 5.44. The van der Waals surface area contributed by atoms with Crippen LogP contribution in [0.1, 0.15) is 49.5 Å². The van der Waals surface area contributed by atoms with E-state index in [0.717, 1.165) is 30.8 Å². The molecule has 1 saturated heterocycles. The lowest BCUT2D eigenvalue weighted by Gasteiger charge is -2.31. The topological polar surface area (TPSA) is 58.6 Å². The molecule has 2 atom stereocenters. The molecule has 0 saturated carbocycles. The number of carbonyl (C=O) groups excluding carboxylic acids is 2. The number of amides is 2. The first-order chi connectivity index (χ1) is 11.4. The van der Waals surface area contributed by atoms with Crippen molar-refractivity contribution in [3.8, 4) is 0 Å². The average molecular weight is 332 g/mol. The van der Waals surface area contributed by atoms with Gasteiger partial charge in [0.15, 0.2) is 0 Å². The third kappa shape index (κ3) is 4.57. The van der Waals surface area contributed by atoms with Gasteiger partial charge in [0, 0.05) is 30.9 Å². The molecular formula is C19H28N2O3. The molecule has 0 aromatic heterocycles. The number of hydrogen-bond acceptors (Lipinski definition) is 3. The van der Waals surface area contributed by atoms with Crippen LogP contribution in [0.15, 0.2) is 18.2 Å². The van der Waals surface area contributed by atoms with Crippen molar-refractivity contribution >= 4 is 17.5 Å². The molecule has 1 fully saturated rings. The molecule has 132 valence electrons. The van der Waals surface area contributed by atoms with Gasteiger partial charge in [-0.2, -0.15) is 0 Å². The Morgan fingerprint density at radius 3 is 2.79 bits per heavy atom. The molecule has 5 nitrogen and oxygen atoms in total. The van der Waals surface area contributed by atoms with Crippen LogP contribution in [0.25, 0.3) is 0 Å². The molecular weight excluding hydrogens is 304 g/mol. The van der Waals surface area contributed by atoms with Gasteiger partial charge in [0.2, 0.25) is 0 Å². The molecule has 1 heterocycles. The number of rotatable bonds is 5. The van der Waals surface area contributed by atoms with E-state index in [-0.39, 0.29) is 11.8 Å². The van der Waals surface area contributed by atoms with Crippen LogP contribution in [0, 0.1) is 12.8 Å². The number of nitrogens with one attached hydrogen (secondary N) is 1. The van der Waals surface area contributed by atoms with Crippen molar-refractivity contribution in [2.75, 3.05) is 25.0 Å². The van der Waals surface area contributed by atoms with Crippen LogP contribution >= 0.6 is 0 Å². The van der Waals surface area contributed by atoms with Gasteiger partial charge in [-0.1, -0.05) is 6.92 Å². The highest BCUT2D eigenvalue weighted by Gasteiger charge is 2.22. The van der Waals surface area contributed by atoms with Gasteiger partial charge >= 0.3 is 0 Å². The molecule has 0 aliphatic carbocycles. The largest absolute Gasteiger partial charge is 0.369 e. The van der Waals surface area contributed by atoms with E-state index >= 15 is 0 Å². The molecule has 1 aromatic carbocycles. The van der Waals surface area contributed by atoms with Crippen LogP contribution in [-0.2, 0) is 9.53 Å². The predicted molar refractivity (Wildman–Crippen MR) is 95.2 cm³/mol. The van der Waals surface area contributed by atoms with Gasteiger partial charge in [-0.25, -0.2) is 0 Å². The molecule has 2 amide bonds. The zero-order valence-corrected chi connectivity index (χ0v) is 15.1. The van der Waals surface area contributed by atoms with E-state index in [1.807, 2.05) is 24.8 Å². The fraction of sp³-hybridized carbons (Fsp3) is 0.579. The summed E-state index contributed by atoms with van der Waals surface area (Å²) in [7, 11) is 0. The first-order valence-corrected chi connectivity index (χ1v) is 8.74. The zero-order valence-electron chi connectivity index (χ0n) is 15.1. The third-order valence-electron chi connectivity index (χ3n) is 4.46. The molecule has 0 spiro atoms. The van der Waals surface area contributed by atoms with Crippen LogP contribution in [-0.4, -0.2) is 42.5 Å². The lowest BCUT2D eigenvalue weighted by atomic mass is 9.99. The number of hydrogen-bond donors (Lipinski definition) is 1. The van der Waals surface area contributed by atoms with E-state index in [0.29, 0.717) is 18.1 Å². The maximum Gasteiger partial charge on any atom is 0.253 e. The zero-order chi connectivity index (χ0) is 17.7. The summed E-state index contributed by atoms with van der Waals surface area (Å²) in [6.07, 6.45) is 1.76. The molecule has 1 aromatic rings. The van der Waals surface area contributed by atoms with Gasteiger partial charge in [-0.3, -0.25) is 9.59 Å². The highest BCUT2D eigenvalue weighted by molar-refractivity contribution is 5.97. The van der Waals surface area contributed by atoms with Crippen LogP contribution < -0.4 is 5.32 Å².